The summed E-state index contributed by atoms with van der Waals surface area (Å²) in [6.07, 6.45) is 6.75. The van der Waals surface area contributed by atoms with Crippen molar-refractivity contribution in [3.63, 3.8) is 0 Å². The molecule has 2 aromatic rings. The first-order valence-corrected chi connectivity index (χ1v) is 10.4. The first-order valence-electron chi connectivity index (χ1n) is 9.35. The standard InChI is InChI=1S/C22H25NO3S/c1-2-3-13-23(27(25)26)21-15-18-10-11-19(14-20(18)16-21)22(24)12-9-17-7-5-4-6-8-17/h4-12,14,21H,2-3,13,15-16H2,1H3,(H,25,26). The molecule has 4 nitrogen and oxygen atoms in total. The van der Waals surface area contributed by atoms with Crippen molar-refractivity contribution in [2.45, 2.75) is 38.6 Å². The Morgan fingerprint density at radius 3 is 2.63 bits per heavy atom. The molecule has 2 unspecified atom stereocenters. The van der Waals surface area contributed by atoms with Gasteiger partial charge in [-0.15, -0.1) is 0 Å². The molecule has 0 fully saturated rings. The maximum absolute atomic E-state index is 12.5. The zero-order valence-electron chi connectivity index (χ0n) is 15.5. The van der Waals surface area contributed by atoms with Crippen LogP contribution in [0.25, 0.3) is 6.08 Å². The van der Waals surface area contributed by atoms with E-state index in [1.54, 1.807) is 10.4 Å². The van der Waals surface area contributed by atoms with Crippen molar-refractivity contribution in [3.05, 3.63) is 76.9 Å². The average Bonchev–Trinajstić information content (AvgIpc) is 3.09. The van der Waals surface area contributed by atoms with Gasteiger partial charge < -0.3 is 0 Å². The summed E-state index contributed by atoms with van der Waals surface area (Å²) in [6.45, 7) is 2.69. The van der Waals surface area contributed by atoms with Crippen LogP contribution in [0.5, 0.6) is 0 Å². The number of carbonyl (C=O) groups excluding carboxylic acids is 1. The van der Waals surface area contributed by atoms with Gasteiger partial charge in [-0.1, -0.05) is 61.9 Å². The highest BCUT2D eigenvalue weighted by Gasteiger charge is 2.29. The Morgan fingerprint density at radius 1 is 1.19 bits per heavy atom. The van der Waals surface area contributed by atoms with E-state index in [0.29, 0.717) is 18.5 Å². The fraction of sp³-hybridized carbons (Fsp3) is 0.318. The molecule has 0 heterocycles. The van der Waals surface area contributed by atoms with Gasteiger partial charge in [0.05, 0.1) is 0 Å². The van der Waals surface area contributed by atoms with Crippen LogP contribution >= 0.6 is 0 Å². The third-order valence-corrected chi connectivity index (χ3v) is 5.85. The summed E-state index contributed by atoms with van der Waals surface area (Å²) >= 11 is -1.97. The molecule has 0 radical (unpaired) electrons. The Bertz CT molecular complexity index is 848. The molecular formula is C22H25NO3S. The lowest BCUT2D eigenvalue weighted by Gasteiger charge is -2.24. The van der Waals surface area contributed by atoms with E-state index < -0.39 is 11.3 Å². The molecule has 2 aromatic carbocycles. The number of hydrogen-bond acceptors (Lipinski definition) is 2. The van der Waals surface area contributed by atoms with E-state index in [0.717, 1.165) is 36.0 Å². The summed E-state index contributed by atoms with van der Waals surface area (Å²) in [5.41, 5.74) is 3.91. The molecule has 2 atom stereocenters. The van der Waals surface area contributed by atoms with Crippen molar-refractivity contribution >= 4 is 23.1 Å². The number of hydrogen-bond donors (Lipinski definition) is 1. The van der Waals surface area contributed by atoms with E-state index >= 15 is 0 Å². The summed E-state index contributed by atoms with van der Waals surface area (Å²) in [6, 6.07) is 15.5. The Morgan fingerprint density at radius 2 is 1.93 bits per heavy atom. The highest BCUT2D eigenvalue weighted by molar-refractivity contribution is 7.76. The smallest absolute Gasteiger partial charge is 0.234 e. The summed E-state index contributed by atoms with van der Waals surface area (Å²) in [4.78, 5) is 12.5. The molecule has 0 saturated heterocycles. The Kier molecular flexibility index (Phi) is 6.72. The zero-order chi connectivity index (χ0) is 19.2. The van der Waals surface area contributed by atoms with Crippen LogP contribution in [-0.4, -0.2) is 31.4 Å². The van der Waals surface area contributed by atoms with Gasteiger partial charge in [0.1, 0.15) is 0 Å². The van der Waals surface area contributed by atoms with Gasteiger partial charge in [0.25, 0.3) is 0 Å². The Hall–Kier alpha value is -2.08. The topological polar surface area (TPSA) is 57.6 Å². The molecule has 0 aromatic heterocycles. The molecular weight excluding hydrogens is 358 g/mol. The number of rotatable bonds is 8. The third-order valence-electron chi connectivity index (χ3n) is 4.97. The minimum atomic E-state index is -1.97. The summed E-state index contributed by atoms with van der Waals surface area (Å²) < 4.78 is 23.0. The minimum absolute atomic E-state index is 0.0163. The van der Waals surface area contributed by atoms with Gasteiger partial charge in [0, 0.05) is 18.2 Å². The summed E-state index contributed by atoms with van der Waals surface area (Å²) in [5, 5.41) is 0. The lowest BCUT2D eigenvalue weighted by atomic mass is 10.0. The van der Waals surface area contributed by atoms with Crippen LogP contribution in [0.2, 0.25) is 0 Å². The lowest BCUT2D eigenvalue weighted by molar-refractivity contribution is 0.104. The first kappa shape index (κ1) is 19.7. The van der Waals surface area contributed by atoms with Crippen LogP contribution in [0.1, 0.15) is 46.8 Å². The molecule has 27 heavy (non-hydrogen) atoms. The molecule has 1 N–H and O–H groups in total. The monoisotopic (exact) mass is 383 g/mol. The van der Waals surface area contributed by atoms with Gasteiger partial charge in [0.15, 0.2) is 5.78 Å². The van der Waals surface area contributed by atoms with E-state index in [2.05, 4.69) is 6.92 Å². The largest absolute Gasteiger partial charge is 0.294 e. The molecule has 142 valence electrons. The predicted octanol–water partition coefficient (Wildman–Crippen LogP) is 4.29. The zero-order valence-corrected chi connectivity index (χ0v) is 16.3. The van der Waals surface area contributed by atoms with E-state index in [-0.39, 0.29) is 11.8 Å². The molecule has 5 heteroatoms. The molecule has 0 amide bonds. The molecule has 0 aliphatic heterocycles. The van der Waals surface area contributed by atoms with E-state index in [1.165, 1.54) is 0 Å². The van der Waals surface area contributed by atoms with Crippen molar-refractivity contribution in [2.24, 2.45) is 0 Å². The van der Waals surface area contributed by atoms with Crippen molar-refractivity contribution in [1.82, 2.24) is 4.31 Å². The maximum Gasteiger partial charge on any atom is 0.234 e. The fourth-order valence-corrected chi connectivity index (χ4v) is 4.18. The van der Waals surface area contributed by atoms with Crippen molar-refractivity contribution in [3.8, 4) is 0 Å². The fourth-order valence-electron chi connectivity index (χ4n) is 3.49. The number of nitrogens with zero attached hydrogens (tertiary/aromatic N) is 1. The molecule has 0 bridgehead atoms. The third kappa shape index (κ3) is 5.01. The normalized spacial score (nSPS) is 17.4. The van der Waals surface area contributed by atoms with Gasteiger partial charge in [0.2, 0.25) is 11.3 Å². The van der Waals surface area contributed by atoms with E-state index in [9.17, 15) is 13.6 Å². The molecule has 1 aliphatic rings. The van der Waals surface area contributed by atoms with Crippen molar-refractivity contribution < 1.29 is 13.6 Å². The number of benzene rings is 2. The SMILES string of the molecule is CCCCN(C1Cc2ccc(C(=O)C=Cc3ccccc3)cc2C1)S(=O)O. The number of fused-ring (bicyclic) bond motifs is 1. The quantitative estimate of drug-likeness (QED) is 0.420. The first-order chi connectivity index (χ1) is 13.1. The number of allylic oxidation sites excluding steroid dienone is 1. The van der Waals surface area contributed by atoms with Gasteiger partial charge in [-0.05, 0) is 48.1 Å². The van der Waals surface area contributed by atoms with Gasteiger partial charge in [-0.25, -0.2) is 4.21 Å². The average molecular weight is 384 g/mol. The number of unbranched alkanes of at least 4 members (excludes halogenated alkanes) is 1. The Labute approximate surface area is 163 Å². The summed E-state index contributed by atoms with van der Waals surface area (Å²) in [5.74, 6) is -0.0290. The summed E-state index contributed by atoms with van der Waals surface area (Å²) in [7, 11) is 0. The predicted molar refractivity (Wildman–Crippen MR) is 110 cm³/mol. The van der Waals surface area contributed by atoms with Gasteiger partial charge >= 0.3 is 0 Å². The van der Waals surface area contributed by atoms with Crippen LogP contribution in [0, 0.1) is 0 Å². The highest BCUT2D eigenvalue weighted by Crippen LogP contribution is 2.28. The van der Waals surface area contributed by atoms with Crippen LogP contribution in [0.4, 0.5) is 0 Å². The van der Waals surface area contributed by atoms with E-state index in [4.69, 9.17) is 0 Å². The molecule has 3 rings (SSSR count). The molecule has 0 spiro atoms. The second-order valence-corrected chi connectivity index (χ2v) is 7.81. The van der Waals surface area contributed by atoms with Gasteiger partial charge in [-0.2, -0.15) is 4.31 Å². The number of ketones is 1. The number of carbonyl (C=O) groups is 1. The van der Waals surface area contributed by atoms with Crippen molar-refractivity contribution in [2.75, 3.05) is 6.54 Å². The highest BCUT2D eigenvalue weighted by atomic mass is 32.2. The van der Waals surface area contributed by atoms with Crippen LogP contribution in [0.15, 0.2) is 54.6 Å². The Balaban J connectivity index is 1.71. The van der Waals surface area contributed by atoms with Crippen LogP contribution in [-0.2, 0) is 24.1 Å². The van der Waals surface area contributed by atoms with E-state index in [1.807, 2.05) is 54.6 Å². The van der Waals surface area contributed by atoms with Crippen LogP contribution < -0.4 is 0 Å². The second-order valence-electron chi connectivity index (χ2n) is 6.88. The molecule has 1 aliphatic carbocycles. The van der Waals surface area contributed by atoms with Gasteiger partial charge in [-0.3, -0.25) is 9.35 Å². The minimum Gasteiger partial charge on any atom is -0.294 e. The van der Waals surface area contributed by atoms with Crippen molar-refractivity contribution in [1.29, 1.82) is 0 Å². The van der Waals surface area contributed by atoms with Crippen LogP contribution in [0.3, 0.4) is 0 Å². The molecule has 0 saturated carbocycles. The lowest BCUT2D eigenvalue weighted by Crippen LogP contribution is -2.37. The maximum atomic E-state index is 12.5. The second kappa shape index (κ2) is 9.22.